The van der Waals surface area contributed by atoms with Crippen LogP contribution in [0.5, 0.6) is 0 Å². The summed E-state index contributed by atoms with van der Waals surface area (Å²) in [5, 5.41) is 6.03. The molecule has 0 bridgehead atoms. The largest absolute Gasteiger partial charge is 0.352 e. The van der Waals surface area contributed by atoms with E-state index in [2.05, 4.69) is 44.9 Å². The molecule has 7 heteroatoms. The van der Waals surface area contributed by atoms with Gasteiger partial charge >= 0.3 is 0 Å². The van der Waals surface area contributed by atoms with Crippen molar-refractivity contribution < 1.29 is 9.59 Å². The van der Waals surface area contributed by atoms with E-state index in [1.807, 2.05) is 6.92 Å². The first-order valence-corrected chi connectivity index (χ1v) is 10.2. The summed E-state index contributed by atoms with van der Waals surface area (Å²) in [6, 6.07) is 11.5. The molecule has 0 fully saturated rings. The van der Waals surface area contributed by atoms with E-state index in [0.29, 0.717) is 23.5 Å². The number of carbonyl (C=O) groups is 2. The highest BCUT2D eigenvalue weighted by atomic mass is 32.1. The standard InChI is InChI=1S/C22H24N4O2S/c1-14-18(9-10-19(24-14)22(28)26(3)4)21(27)23-12-11-16-5-7-17(8-6-16)20-13-29-15(2)25-20/h5-10,13H,11-12H2,1-4H3,(H,23,27). The van der Waals surface area contributed by atoms with Crippen LogP contribution in [0.2, 0.25) is 0 Å². The van der Waals surface area contributed by atoms with Crippen molar-refractivity contribution >= 4 is 23.2 Å². The number of carbonyl (C=O) groups excluding carboxylic acids is 2. The van der Waals surface area contributed by atoms with Crippen molar-refractivity contribution in [3.05, 3.63) is 69.3 Å². The molecule has 3 aromatic rings. The van der Waals surface area contributed by atoms with E-state index in [4.69, 9.17) is 0 Å². The Morgan fingerprint density at radius 2 is 1.76 bits per heavy atom. The molecule has 0 aliphatic heterocycles. The van der Waals surface area contributed by atoms with Gasteiger partial charge in [0.05, 0.1) is 22.0 Å². The predicted molar refractivity (Wildman–Crippen MR) is 115 cm³/mol. The van der Waals surface area contributed by atoms with Gasteiger partial charge in [-0.25, -0.2) is 9.97 Å². The molecule has 1 N–H and O–H groups in total. The fourth-order valence-electron chi connectivity index (χ4n) is 2.90. The third kappa shape index (κ3) is 5.06. The molecule has 0 aliphatic rings. The Morgan fingerprint density at radius 1 is 1.03 bits per heavy atom. The molecular formula is C22H24N4O2S. The fourth-order valence-corrected chi connectivity index (χ4v) is 3.53. The van der Waals surface area contributed by atoms with Crippen LogP contribution >= 0.6 is 11.3 Å². The van der Waals surface area contributed by atoms with Crippen molar-refractivity contribution in [1.82, 2.24) is 20.2 Å². The van der Waals surface area contributed by atoms with Gasteiger partial charge < -0.3 is 10.2 Å². The van der Waals surface area contributed by atoms with Crippen LogP contribution < -0.4 is 5.32 Å². The minimum Gasteiger partial charge on any atom is -0.352 e. The Morgan fingerprint density at radius 3 is 2.34 bits per heavy atom. The van der Waals surface area contributed by atoms with Gasteiger partial charge in [0.15, 0.2) is 0 Å². The molecule has 0 saturated carbocycles. The molecule has 2 amide bonds. The number of aryl methyl sites for hydroxylation is 2. The molecule has 2 aromatic heterocycles. The van der Waals surface area contributed by atoms with Crippen molar-refractivity contribution in [2.45, 2.75) is 20.3 Å². The van der Waals surface area contributed by atoms with Crippen molar-refractivity contribution in [3.63, 3.8) is 0 Å². The molecule has 0 atom stereocenters. The van der Waals surface area contributed by atoms with E-state index in [0.717, 1.165) is 28.2 Å². The molecule has 29 heavy (non-hydrogen) atoms. The highest BCUT2D eigenvalue weighted by molar-refractivity contribution is 7.09. The number of thiazole rings is 1. The van der Waals surface area contributed by atoms with Crippen LogP contribution in [0.3, 0.4) is 0 Å². The minimum atomic E-state index is -0.187. The second-order valence-corrected chi connectivity index (χ2v) is 8.05. The first-order chi connectivity index (χ1) is 13.8. The maximum absolute atomic E-state index is 12.5. The Bertz CT molecular complexity index is 1030. The Kier molecular flexibility index (Phi) is 6.39. The fraction of sp³-hybridized carbons (Fsp3) is 0.273. The molecule has 150 valence electrons. The van der Waals surface area contributed by atoms with Gasteiger partial charge in [-0.05, 0) is 38.0 Å². The summed E-state index contributed by atoms with van der Waals surface area (Å²) in [5.41, 5.74) is 4.58. The normalized spacial score (nSPS) is 10.6. The topological polar surface area (TPSA) is 75.2 Å². The quantitative estimate of drug-likeness (QED) is 0.677. The van der Waals surface area contributed by atoms with Crippen LogP contribution in [0, 0.1) is 13.8 Å². The zero-order chi connectivity index (χ0) is 21.0. The molecule has 0 saturated heterocycles. The van der Waals surface area contributed by atoms with Gasteiger partial charge in [-0.3, -0.25) is 9.59 Å². The Labute approximate surface area is 174 Å². The number of rotatable bonds is 6. The molecule has 0 unspecified atom stereocenters. The van der Waals surface area contributed by atoms with E-state index < -0.39 is 0 Å². The maximum atomic E-state index is 12.5. The van der Waals surface area contributed by atoms with Crippen molar-refractivity contribution in [1.29, 1.82) is 0 Å². The van der Waals surface area contributed by atoms with Crippen molar-refractivity contribution in [2.75, 3.05) is 20.6 Å². The van der Waals surface area contributed by atoms with Crippen LogP contribution in [0.1, 0.15) is 37.1 Å². The summed E-state index contributed by atoms with van der Waals surface area (Å²) in [4.78, 5) is 34.7. The van der Waals surface area contributed by atoms with E-state index in [1.54, 1.807) is 44.5 Å². The lowest BCUT2D eigenvalue weighted by molar-refractivity contribution is 0.0820. The number of hydrogen-bond acceptors (Lipinski definition) is 5. The van der Waals surface area contributed by atoms with E-state index in [-0.39, 0.29) is 11.8 Å². The van der Waals surface area contributed by atoms with Gasteiger partial charge in [0.1, 0.15) is 5.69 Å². The zero-order valence-corrected chi connectivity index (χ0v) is 17.8. The Balaban J connectivity index is 1.56. The van der Waals surface area contributed by atoms with Gasteiger partial charge in [0.2, 0.25) is 0 Å². The minimum absolute atomic E-state index is 0.184. The number of nitrogens with zero attached hydrogens (tertiary/aromatic N) is 3. The number of aromatic nitrogens is 2. The molecule has 3 rings (SSSR count). The van der Waals surface area contributed by atoms with Crippen LogP contribution in [0.25, 0.3) is 11.3 Å². The molecule has 0 aliphatic carbocycles. The lowest BCUT2D eigenvalue weighted by atomic mass is 10.1. The number of nitrogens with one attached hydrogen (secondary N) is 1. The second-order valence-electron chi connectivity index (χ2n) is 6.98. The average molecular weight is 409 g/mol. The highest BCUT2D eigenvalue weighted by Crippen LogP contribution is 2.21. The first kappa shape index (κ1) is 20.7. The van der Waals surface area contributed by atoms with Gasteiger partial charge in [0, 0.05) is 31.6 Å². The van der Waals surface area contributed by atoms with Gasteiger partial charge in [-0.2, -0.15) is 0 Å². The van der Waals surface area contributed by atoms with Crippen LogP contribution in [0.15, 0.2) is 41.8 Å². The molecule has 1 aromatic carbocycles. The number of pyridine rings is 1. The monoisotopic (exact) mass is 408 g/mol. The molecule has 0 spiro atoms. The number of amides is 2. The van der Waals surface area contributed by atoms with Crippen LogP contribution in [0.4, 0.5) is 0 Å². The lowest BCUT2D eigenvalue weighted by Crippen LogP contribution is -2.27. The number of hydrogen-bond donors (Lipinski definition) is 1. The van der Waals surface area contributed by atoms with Crippen LogP contribution in [-0.4, -0.2) is 47.3 Å². The maximum Gasteiger partial charge on any atom is 0.271 e. The summed E-state index contributed by atoms with van der Waals surface area (Å²) in [6.45, 7) is 4.25. The SMILES string of the molecule is Cc1nc(-c2ccc(CCNC(=O)c3ccc(C(=O)N(C)C)nc3C)cc2)cs1. The summed E-state index contributed by atoms with van der Waals surface area (Å²) in [5.74, 6) is -0.371. The van der Waals surface area contributed by atoms with E-state index in [1.165, 1.54) is 4.90 Å². The molecular weight excluding hydrogens is 384 g/mol. The summed E-state index contributed by atoms with van der Waals surface area (Å²) in [7, 11) is 3.34. The predicted octanol–water partition coefficient (Wildman–Crippen LogP) is 3.50. The van der Waals surface area contributed by atoms with Crippen LogP contribution in [-0.2, 0) is 6.42 Å². The molecule has 6 nitrogen and oxygen atoms in total. The van der Waals surface area contributed by atoms with Gasteiger partial charge in [0.25, 0.3) is 11.8 Å². The third-order valence-corrected chi connectivity index (χ3v) is 5.30. The second kappa shape index (κ2) is 8.96. The van der Waals surface area contributed by atoms with Crippen molar-refractivity contribution in [2.24, 2.45) is 0 Å². The first-order valence-electron chi connectivity index (χ1n) is 9.34. The molecule has 0 radical (unpaired) electrons. The van der Waals surface area contributed by atoms with Gasteiger partial charge in [-0.1, -0.05) is 24.3 Å². The third-order valence-electron chi connectivity index (χ3n) is 4.52. The highest BCUT2D eigenvalue weighted by Gasteiger charge is 2.15. The molecule has 2 heterocycles. The van der Waals surface area contributed by atoms with E-state index >= 15 is 0 Å². The summed E-state index contributed by atoms with van der Waals surface area (Å²) in [6.07, 6.45) is 0.728. The lowest BCUT2D eigenvalue weighted by Gasteiger charge is -2.12. The summed E-state index contributed by atoms with van der Waals surface area (Å²) >= 11 is 1.64. The van der Waals surface area contributed by atoms with Gasteiger partial charge in [-0.15, -0.1) is 11.3 Å². The Hall–Kier alpha value is -3.06. The smallest absolute Gasteiger partial charge is 0.271 e. The van der Waals surface area contributed by atoms with E-state index in [9.17, 15) is 9.59 Å². The van der Waals surface area contributed by atoms with Crippen molar-refractivity contribution in [3.8, 4) is 11.3 Å². The number of benzene rings is 1. The average Bonchev–Trinajstić information content (AvgIpc) is 3.14. The zero-order valence-electron chi connectivity index (χ0n) is 17.0. The summed E-state index contributed by atoms with van der Waals surface area (Å²) < 4.78 is 0.